The first kappa shape index (κ1) is 11.0. The second-order valence-electron chi connectivity index (χ2n) is 4.13. The van der Waals surface area contributed by atoms with Crippen LogP contribution >= 0.6 is 0 Å². The maximum atomic E-state index is 9.50. The van der Waals surface area contributed by atoms with Crippen LogP contribution in [0.25, 0.3) is 0 Å². The van der Waals surface area contributed by atoms with E-state index >= 15 is 0 Å². The number of methoxy groups -OCH3 is 1. The first-order valence-electron chi connectivity index (χ1n) is 5.02. The van der Waals surface area contributed by atoms with Gasteiger partial charge in [-0.1, -0.05) is 0 Å². The van der Waals surface area contributed by atoms with E-state index < -0.39 is 0 Å². The Morgan fingerprint density at radius 2 is 2.15 bits per heavy atom. The summed E-state index contributed by atoms with van der Waals surface area (Å²) < 4.78 is 4.88. The molecule has 0 aromatic rings. The Labute approximate surface area is 80.7 Å². The zero-order valence-corrected chi connectivity index (χ0v) is 8.86. The van der Waals surface area contributed by atoms with Gasteiger partial charge in [-0.25, -0.2) is 0 Å². The van der Waals surface area contributed by atoms with Crippen molar-refractivity contribution in [3.8, 4) is 0 Å². The molecule has 0 spiro atoms. The lowest BCUT2D eigenvalue weighted by molar-refractivity contribution is 0.0338. The molecular weight excluding hydrogens is 166 g/mol. The number of ether oxygens (including phenoxy) is 1. The summed E-state index contributed by atoms with van der Waals surface area (Å²) in [5, 5.41) is 9.50. The van der Waals surface area contributed by atoms with Crippen LogP contribution < -0.4 is 0 Å². The van der Waals surface area contributed by atoms with Crippen LogP contribution in [0, 0.1) is 5.92 Å². The van der Waals surface area contributed by atoms with Gasteiger partial charge in [0.05, 0.1) is 12.7 Å². The largest absolute Gasteiger partial charge is 0.389 e. The highest BCUT2D eigenvalue weighted by Gasteiger charge is 2.30. The quantitative estimate of drug-likeness (QED) is 0.665. The normalized spacial score (nSPS) is 21.9. The third-order valence-corrected chi connectivity index (χ3v) is 2.86. The molecule has 2 atom stereocenters. The first-order chi connectivity index (χ1) is 6.15. The average Bonchev–Trinajstić information content (AvgIpc) is 2.85. The van der Waals surface area contributed by atoms with Gasteiger partial charge in [0.15, 0.2) is 0 Å². The molecule has 0 amide bonds. The Balaban J connectivity index is 2.18. The van der Waals surface area contributed by atoms with Gasteiger partial charge in [0.25, 0.3) is 0 Å². The molecule has 0 saturated heterocycles. The number of aliphatic hydroxyl groups excluding tert-OH is 1. The fourth-order valence-corrected chi connectivity index (χ4v) is 1.68. The summed E-state index contributed by atoms with van der Waals surface area (Å²) in [6.07, 6.45) is 2.36. The summed E-state index contributed by atoms with van der Waals surface area (Å²) in [5.41, 5.74) is 0. The molecule has 0 aliphatic heterocycles. The molecule has 3 nitrogen and oxygen atoms in total. The summed E-state index contributed by atoms with van der Waals surface area (Å²) in [6.45, 7) is 3.38. The van der Waals surface area contributed by atoms with Crippen molar-refractivity contribution in [3.63, 3.8) is 0 Å². The van der Waals surface area contributed by atoms with Crippen molar-refractivity contribution in [2.45, 2.75) is 31.9 Å². The van der Waals surface area contributed by atoms with Crippen LogP contribution in [0.5, 0.6) is 0 Å². The van der Waals surface area contributed by atoms with Crippen molar-refractivity contribution in [3.05, 3.63) is 0 Å². The van der Waals surface area contributed by atoms with E-state index in [0.29, 0.717) is 19.2 Å². The van der Waals surface area contributed by atoms with Gasteiger partial charge in [-0.05, 0) is 32.7 Å². The van der Waals surface area contributed by atoms with Crippen molar-refractivity contribution >= 4 is 0 Å². The molecule has 0 heterocycles. The maximum Gasteiger partial charge on any atom is 0.0900 e. The van der Waals surface area contributed by atoms with E-state index in [1.165, 1.54) is 12.8 Å². The van der Waals surface area contributed by atoms with Crippen molar-refractivity contribution < 1.29 is 9.84 Å². The molecule has 1 aliphatic carbocycles. The first-order valence-corrected chi connectivity index (χ1v) is 5.02. The Hall–Kier alpha value is -0.120. The Morgan fingerprint density at radius 1 is 1.54 bits per heavy atom. The summed E-state index contributed by atoms with van der Waals surface area (Å²) in [4.78, 5) is 2.22. The van der Waals surface area contributed by atoms with Crippen molar-refractivity contribution in [2.24, 2.45) is 5.92 Å². The van der Waals surface area contributed by atoms with E-state index in [1.54, 1.807) is 7.11 Å². The zero-order chi connectivity index (χ0) is 9.84. The molecule has 13 heavy (non-hydrogen) atoms. The highest BCUT2D eigenvalue weighted by atomic mass is 16.5. The topological polar surface area (TPSA) is 32.7 Å². The van der Waals surface area contributed by atoms with Gasteiger partial charge in [0.1, 0.15) is 0 Å². The number of aliphatic hydroxyl groups is 1. The van der Waals surface area contributed by atoms with Gasteiger partial charge in [-0.3, -0.25) is 0 Å². The summed E-state index contributed by atoms with van der Waals surface area (Å²) in [5.74, 6) is 0.861. The summed E-state index contributed by atoms with van der Waals surface area (Å²) >= 11 is 0. The van der Waals surface area contributed by atoms with E-state index in [1.807, 2.05) is 0 Å². The van der Waals surface area contributed by atoms with Gasteiger partial charge in [0.2, 0.25) is 0 Å². The Kier molecular flexibility index (Phi) is 4.16. The zero-order valence-electron chi connectivity index (χ0n) is 8.86. The minimum atomic E-state index is -0.351. The average molecular weight is 187 g/mol. The van der Waals surface area contributed by atoms with Crippen LogP contribution in [0.4, 0.5) is 0 Å². The lowest BCUT2D eigenvalue weighted by Gasteiger charge is -2.26. The molecule has 2 unspecified atom stereocenters. The molecule has 3 heteroatoms. The SMILES string of the molecule is COCC(O)CN(C)C(C)C1CC1. The van der Waals surface area contributed by atoms with Crippen LogP contribution in [-0.2, 0) is 4.74 Å². The van der Waals surface area contributed by atoms with E-state index in [2.05, 4.69) is 18.9 Å². The van der Waals surface area contributed by atoms with Crippen molar-refractivity contribution in [1.82, 2.24) is 4.90 Å². The van der Waals surface area contributed by atoms with Crippen LogP contribution in [0.2, 0.25) is 0 Å². The Morgan fingerprint density at radius 3 is 2.62 bits per heavy atom. The second-order valence-corrected chi connectivity index (χ2v) is 4.13. The number of hydrogen-bond acceptors (Lipinski definition) is 3. The van der Waals surface area contributed by atoms with Crippen molar-refractivity contribution in [2.75, 3.05) is 27.3 Å². The molecule has 0 radical (unpaired) electrons. The maximum absolute atomic E-state index is 9.50. The van der Waals surface area contributed by atoms with Gasteiger partial charge < -0.3 is 14.7 Å². The number of rotatable bonds is 6. The van der Waals surface area contributed by atoms with Crippen LogP contribution in [0.15, 0.2) is 0 Å². The molecule has 1 saturated carbocycles. The van der Waals surface area contributed by atoms with E-state index in [-0.39, 0.29) is 6.10 Å². The van der Waals surface area contributed by atoms with Crippen LogP contribution in [0.1, 0.15) is 19.8 Å². The molecule has 0 bridgehead atoms. The number of hydrogen-bond donors (Lipinski definition) is 1. The molecule has 1 aliphatic rings. The lowest BCUT2D eigenvalue weighted by Crippen LogP contribution is -2.38. The second kappa shape index (κ2) is 4.94. The number of likely N-dealkylation sites (N-methyl/N-ethyl adjacent to an activating group) is 1. The summed E-state index contributed by atoms with van der Waals surface area (Å²) in [6, 6.07) is 0.603. The van der Waals surface area contributed by atoms with E-state index in [0.717, 1.165) is 5.92 Å². The summed E-state index contributed by atoms with van der Waals surface area (Å²) in [7, 11) is 3.69. The molecule has 0 aromatic carbocycles. The lowest BCUT2D eigenvalue weighted by atomic mass is 10.2. The van der Waals surface area contributed by atoms with Gasteiger partial charge in [-0.15, -0.1) is 0 Å². The molecule has 1 rings (SSSR count). The third-order valence-electron chi connectivity index (χ3n) is 2.86. The van der Waals surface area contributed by atoms with Gasteiger partial charge in [-0.2, -0.15) is 0 Å². The van der Waals surface area contributed by atoms with E-state index in [9.17, 15) is 5.11 Å². The minimum absolute atomic E-state index is 0.351. The van der Waals surface area contributed by atoms with Crippen molar-refractivity contribution in [1.29, 1.82) is 0 Å². The molecule has 0 aromatic heterocycles. The van der Waals surface area contributed by atoms with Crippen LogP contribution in [-0.4, -0.2) is 49.5 Å². The Bertz CT molecular complexity index is 148. The van der Waals surface area contributed by atoms with E-state index in [4.69, 9.17) is 4.74 Å². The van der Waals surface area contributed by atoms with Gasteiger partial charge in [0, 0.05) is 19.7 Å². The standard InChI is InChI=1S/C10H21NO2/c1-8(9-4-5-9)11(2)6-10(12)7-13-3/h8-10,12H,4-7H2,1-3H3. The van der Waals surface area contributed by atoms with Gasteiger partial charge >= 0.3 is 0 Å². The van der Waals surface area contributed by atoms with Crippen LogP contribution in [0.3, 0.4) is 0 Å². The predicted molar refractivity (Wildman–Crippen MR) is 52.7 cm³/mol. The molecule has 1 fully saturated rings. The minimum Gasteiger partial charge on any atom is -0.389 e. The highest BCUT2D eigenvalue weighted by Crippen LogP contribution is 2.34. The fraction of sp³-hybridized carbons (Fsp3) is 1.00. The monoisotopic (exact) mass is 187 g/mol. The third kappa shape index (κ3) is 3.63. The molecule has 78 valence electrons. The smallest absolute Gasteiger partial charge is 0.0900 e. The predicted octanol–water partition coefficient (Wildman–Crippen LogP) is 0.724. The number of nitrogens with zero attached hydrogens (tertiary/aromatic N) is 1. The molecule has 1 N–H and O–H groups in total. The highest BCUT2D eigenvalue weighted by molar-refractivity contribution is 4.84. The fourth-order valence-electron chi connectivity index (χ4n) is 1.68. The molecular formula is C10H21NO2.